The van der Waals surface area contributed by atoms with Crippen LogP contribution in [0.4, 0.5) is 0 Å². The second kappa shape index (κ2) is 8.56. The zero-order valence-corrected chi connectivity index (χ0v) is 15.9. The molecular formula is C21H22N4O3. The van der Waals surface area contributed by atoms with Gasteiger partial charge in [0.15, 0.2) is 5.69 Å². The minimum atomic E-state index is -1.06. The smallest absolute Gasteiger partial charge is 0.355 e. The number of pyridine rings is 1. The Bertz CT molecular complexity index is 993. The zero-order chi connectivity index (χ0) is 20.1. The van der Waals surface area contributed by atoms with Crippen molar-refractivity contribution in [3.8, 4) is 11.1 Å². The van der Waals surface area contributed by atoms with Gasteiger partial charge in [0.05, 0.1) is 6.54 Å². The van der Waals surface area contributed by atoms with E-state index in [4.69, 9.17) is 0 Å². The first kappa shape index (κ1) is 19.4. The fourth-order valence-electron chi connectivity index (χ4n) is 2.96. The summed E-state index contributed by atoms with van der Waals surface area (Å²) in [7, 11) is 0. The van der Waals surface area contributed by atoms with E-state index in [0.717, 1.165) is 29.8 Å². The molecule has 1 N–H and O–H groups in total. The summed E-state index contributed by atoms with van der Waals surface area (Å²) in [6, 6.07) is 11.0. The van der Waals surface area contributed by atoms with Crippen LogP contribution in [0, 0.1) is 0 Å². The number of carboxylic acids is 1. The van der Waals surface area contributed by atoms with Crippen LogP contribution >= 0.6 is 0 Å². The van der Waals surface area contributed by atoms with Crippen molar-refractivity contribution in [3.63, 3.8) is 0 Å². The predicted octanol–water partition coefficient (Wildman–Crippen LogP) is 3.63. The highest BCUT2D eigenvalue weighted by Gasteiger charge is 2.15. The lowest BCUT2D eigenvalue weighted by Gasteiger charge is -2.08. The van der Waals surface area contributed by atoms with Crippen LogP contribution in [0.2, 0.25) is 0 Å². The minimum absolute atomic E-state index is 0.0273. The first-order valence-corrected chi connectivity index (χ1v) is 9.28. The summed E-state index contributed by atoms with van der Waals surface area (Å²) in [5, 5.41) is 13.7. The van der Waals surface area contributed by atoms with Crippen molar-refractivity contribution in [1.82, 2.24) is 19.7 Å². The van der Waals surface area contributed by atoms with Gasteiger partial charge < -0.3 is 5.11 Å². The predicted molar refractivity (Wildman–Crippen MR) is 104 cm³/mol. The van der Waals surface area contributed by atoms with Crippen molar-refractivity contribution < 1.29 is 14.7 Å². The van der Waals surface area contributed by atoms with Crippen LogP contribution in [0.25, 0.3) is 11.1 Å². The number of Topliss-reactive ketones (excluding diaryl/α,β-unsaturated/α-hetero) is 1. The fraction of sp³-hybridized carbons (Fsp3) is 0.286. The van der Waals surface area contributed by atoms with Gasteiger partial charge in [0.2, 0.25) is 11.6 Å². The van der Waals surface area contributed by atoms with E-state index >= 15 is 0 Å². The van der Waals surface area contributed by atoms with Crippen molar-refractivity contribution in [2.24, 2.45) is 0 Å². The summed E-state index contributed by atoms with van der Waals surface area (Å²) < 4.78 is 1.77. The molecule has 0 aliphatic carbocycles. The Morgan fingerprint density at radius 1 is 1.11 bits per heavy atom. The molecule has 0 radical (unpaired) electrons. The summed E-state index contributed by atoms with van der Waals surface area (Å²) in [4.78, 5) is 31.6. The average Bonchev–Trinajstić information content (AvgIpc) is 3.10. The molecule has 28 heavy (non-hydrogen) atoms. The number of ketones is 1. The van der Waals surface area contributed by atoms with Crippen LogP contribution in [0.1, 0.15) is 59.2 Å². The van der Waals surface area contributed by atoms with Crippen LogP contribution in [0.5, 0.6) is 0 Å². The molecule has 0 fully saturated rings. The van der Waals surface area contributed by atoms with E-state index in [-0.39, 0.29) is 17.3 Å². The summed E-state index contributed by atoms with van der Waals surface area (Å²) >= 11 is 0. The molecule has 0 unspecified atom stereocenters. The van der Waals surface area contributed by atoms with E-state index in [1.54, 1.807) is 23.7 Å². The molecule has 0 aliphatic heterocycles. The molecule has 0 spiro atoms. The molecule has 144 valence electrons. The molecule has 0 amide bonds. The van der Waals surface area contributed by atoms with E-state index in [9.17, 15) is 14.7 Å². The van der Waals surface area contributed by atoms with Gasteiger partial charge in [0, 0.05) is 24.6 Å². The van der Waals surface area contributed by atoms with Gasteiger partial charge in [-0.2, -0.15) is 0 Å². The molecule has 0 bridgehead atoms. The third-order valence-electron chi connectivity index (χ3n) is 4.40. The fourth-order valence-corrected chi connectivity index (χ4v) is 2.96. The molecule has 7 heteroatoms. The quantitative estimate of drug-likeness (QED) is 0.601. The van der Waals surface area contributed by atoms with Crippen LogP contribution in [-0.2, 0) is 13.0 Å². The van der Waals surface area contributed by atoms with Crippen LogP contribution < -0.4 is 0 Å². The van der Waals surface area contributed by atoms with Crippen LogP contribution in [-0.4, -0.2) is 36.6 Å². The Kier molecular flexibility index (Phi) is 5.93. The number of aryl methyl sites for hydroxylation is 1. The Hall–Kier alpha value is -3.35. The van der Waals surface area contributed by atoms with E-state index < -0.39 is 5.97 Å². The molecule has 7 nitrogen and oxygen atoms in total. The average molecular weight is 378 g/mol. The van der Waals surface area contributed by atoms with Crippen molar-refractivity contribution in [2.75, 3.05) is 0 Å². The lowest BCUT2D eigenvalue weighted by molar-refractivity contribution is 0.0691. The largest absolute Gasteiger partial charge is 0.476 e. The SMILES string of the molecule is CCCc1nc(C(=O)CC)nn1Cc1ccc(-c2cccnc2C(=O)O)cc1. The maximum Gasteiger partial charge on any atom is 0.355 e. The summed E-state index contributed by atoms with van der Waals surface area (Å²) in [5.41, 5.74) is 2.37. The van der Waals surface area contributed by atoms with Crippen LogP contribution in [0.15, 0.2) is 42.6 Å². The van der Waals surface area contributed by atoms with Gasteiger partial charge in [-0.05, 0) is 23.6 Å². The van der Waals surface area contributed by atoms with Crippen molar-refractivity contribution in [2.45, 2.75) is 39.7 Å². The number of benzene rings is 1. The van der Waals surface area contributed by atoms with Gasteiger partial charge in [-0.25, -0.2) is 19.4 Å². The second-order valence-corrected chi connectivity index (χ2v) is 6.44. The monoisotopic (exact) mass is 378 g/mol. The summed E-state index contributed by atoms with van der Waals surface area (Å²) in [6.45, 7) is 4.35. The number of carboxylic acid groups (broad SMARTS) is 1. The highest BCUT2D eigenvalue weighted by molar-refractivity contribution is 5.93. The number of aromatic nitrogens is 4. The minimum Gasteiger partial charge on any atom is -0.476 e. The molecule has 0 aliphatic rings. The van der Waals surface area contributed by atoms with Gasteiger partial charge in [-0.3, -0.25) is 4.79 Å². The number of aromatic carboxylic acids is 1. The number of hydrogen-bond acceptors (Lipinski definition) is 5. The van der Waals surface area contributed by atoms with Crippen LogP contribution in [0.3, 0.4) is 0 Å². The Morgan fingerprint density at radius 3 is 2.50 bits per heavy atom. The van der Waals surface area contributed by atoms with Gasteiger partial charge in [0.25, 0.3) is 0 Å². The first-order chi connectivity index (χ1) is 13.5. The summed E-state index contributed by atoms with van der Waals surface area (Å²) in [6.07, 6.45) is 3.51. The molecule has 0 atom stereocenters. The summed E-state index contributed by atoms with van der Waals surface area (Å²) in [5.74, 6) is -0.0586. The molecule has 2 aromatic heterocycles. The maximum absolute atomic E-state index is 11.9. The molecule has 0 saturated heterocycles. The molecule has 2 heterocycles. The third kappa shape index (κ3) is 4.14. The number of hydrogen-bond donors (Lipinski definition) is 1. The topological polar surface area (TPSA) is 98.0 Å². The Labute approximate surface area is 163 Å². The van der Waals surface area contributed by atoms with E-state index in [1.807, 2.05) is 24.3 Å². The van der Waals surface area contributed by atoms with Crippen molar-refractivity contribution in [3.05, 3.63) is 65.5 Å². The Balaban J connectivity index is 1.86. The normalized spacial score (nSPS) is 10.8. The molecule has 3 aromatic rings. The highest BCUT2D eigenvalue weighted by atomic mass is 16.4. The van der Waals surface area contributed by atoms with Gasteiger partial charge >= 0.3 is 5.97 Å². The number of nitrogens with zero attached hydrogens (tertiary/aromatic N) is 4. The molecular weight excluding hydrogens is 356 g/mol. The van der Waals surface area contributed by atoms with E-state index in [2.05, 4.69) is 22.0 Å². The number of carbonyl (C=O) groups excluding carboxylic acids is 1. The third-order valence-corrected chi connectivity index (χ3v) is 4.40. The van der Waals surface area contributed by atoms with E-state index in [0.29, 0.717) is 18.5 Å². The molecule has 0 saturated carbocycles. The first-order valence-electron chi connectivity index (χ1n) is 9.28. The standard InChI is InChI=1S/C21H22N4O3/c1-3-6-18-23-20(17(26)4-2)24-25(18)13-14-8-10-15(11-9-14)16-7-5-12-22-19(16)21(27)28/h5,7-12H,3-4,6,13H2,1-2H3,(H,27,28). The van der Waals surface area contributed by atoms with Gasteiger partial charge in [-0.1, -0.05) is 44.2 Å². The second-order valence-electron chi connectivity index (χ2n) is 6.44. The Morgan fingerprint density at radius 2 is 1.86 bits per heavy atom. The number of carbonyl (C=O) groups is 2. The lowest BCUT2D eigenvalue weighted by atomic mass is 10.0. The van der Waals surface area contributed by atoms with Gasteiger partial charge in [0.1, 0.15) is 5.82 Å². The molecule has 1 aromatic carbocycles. The zero-order valence-electron chi connectivity index (χ0n) is 15.9. The maximum atomic E-state index is 11.9. The van der Waals surface area contributed by atoms with Crippen molar-refractivity contribution >= 4 is 11.8 Å². The lowest BCUT2D eigenvalue weighted by Crippen LogP contribution is -2.08. The molecule has 3 rings (SSSR count). The highest BCUT2D eigenvalue weighted by Crippen LogP contribution is 2.23. The van der Waals surface area contributed by atoms with E-state index in [1.165, 1.54) is 6.20 Å². The van der Waals surface area contributed by atoms with Gasteiger partial charge in [-0.15, -0.1) is 5.10 Å². The van der Waals surface area contributed by atoms with Crippen molar-refractivity contribution in [1.29, 1.82) is 0 Å². The number of rotatable bonds is 8.